The maximum absolute atomic E-state index is 12.6. The van der Waals surface area contributed by atoms with Crippen LogP contribution in [0.3, 0.4) is 0 Å². The predicted molar refractivity (Wildman–Crippen MR) is 97.1 cm³/mol. The van der Waals surface area contributed by atoms with Gasteiger partial charge in [-0.1, -0.05) is 6.07 Å². The Kier molecular flexibility index (Phi) is 6.35. The fourth-order valence-corrected chi connectivity index (χ4v) is 4.53. The standard InChI is InChI=1S/C16H18N2O6S2/c1-18(10-14(19)17-11-5-4-6-12(9-11)23-2)26(21,22)13-7-8-25-15(13)16(20)24-3/h4-9H,10H2,1-3H3,(H,17,19). The van der Waals surface area contributed by atoms with E-state index in [0.29, 0.717) is 11.4 Å². The van der Waals surface area contributed by atoms with E-state index < -0.39 is 28.4 Å². The molecule has 140 valence electrons. The van der Waals surface area contributed by atoms with Gasteiger partial charge >= 0.3 is 5.97 Å². The molecule has 8 nitrogen and oxygen atoms in total. The molecule has 2 rings (SSSR count). The van der Waals surface area contributed by atoms with E-state index in [2.05, 4.69) is 10.1 Å². The summed E-state index contributed by atoms with van der Waals surface area (Å²) in [7, 11) is -0.0897. The van der Waals surface area contributed by atoms with Crippen LogP contribution in [-0.4, -0.2) is 52.4 Å². The first kappa shape index (κ1) is 19.9. The summed E-state index contributed by atoms with van der Waals surface area (Å²) in [6.45, 7) is -0.421. The summed E-state index contributed by atoms with van der Waals surface area (Å²) in [5, 5.41) is 4.07. The number of esters is 1. The van der Waals surface area contributed by atoms with Gasteiger partial charge in [-0.05, 0) is 23.6 Å². The molecule has 0 saturated heterocycles. The third-order valence-corrected chi connectivity index (χ3v) is 6.28. The maximum atomic E-state index is 12.6. The monoisotopic (exact) mass is 398 g/mol. The second kappa shape index (κ2) is 8.30. The first-order valence-corrected chi connectivity index (χ1v) is 9.67. The van der Waals surface area contributed by atoms with E-state index in [4.69, 9.17) is 4.74 Å². The second-order valence-corrected chi connectivity index (χ2v) is 8.08. The fraction of sp³-hybridized carbons (Fsp3) is 0.250. The van der Waals surface area contributed by atoms with Gasteiger partial charge in [0.15, 0.2) is 0 Å². The van der Waals surface area contributed by atoms with Crippen molar-refractivity contribution in [1.82, 2.24) is 4.31 Å². The zero-order valence-corrected chi connectivity index (χ0v) is 16.0. The first-order valence-electron chi connectivity index (χ1n) is 7.35. The molecular weight excluding hydrogens is 380 g/mol. The van der Waals surface area contributed by atoms with Gasteiger partial charge in [-0.25, -0.2) is 13.2 Å². The number of rotatable bonds is 7. The SMILES string of the molecule is COC(=O)c1sccc1S(=O)(=O)N(C)CC(=O)Nc1cccc(OC)c1. The summed E-state index contributed by atoms with van der Waals surface area (Å²) in [5.74, 6) is -0.711. The van der Waals surface area contributed by atoms with E-state index >= 15 is 0 Å². The molecular formula is C16H18N2O6S2. The van der Waals surface area contributed by atoms with Crippen LogP contribution in [-0.2, 0) is 19.6 Å². The molecule has 26 heavy (non-hydrogen) atoms. The van der Waals surface area contributed by atoms with Crippen molar-refractivity contribution in [1.29, 1.82) is 0 Å². The zero-order chi connectivity index (χ0) is 19.3. The number of amides is 1. The molecule has 0 aliphatic carbocycles. The molecule has 1 N–H and O–H groups in total. The maximum Gasteiger partial charge on any atom is 0.349 e. The first-order chi connectivity index (χ1) is 12.3. The molecule has 0 fully saturated rings. The number of methoxy groups -OCH3 is 2. The predicted octanol–water partition coefficient (Wildman–Crippen LogP) is 1.80. The number of likely N-dealkylation sites (N-methyl/N-ethyl adjacent to an activating group) is 1. The molecule has 0 radical (unpaired) electrons. The topological polar surface area (TPSA) is 102 Å². The van der Waals surface area contributed by atoms with Crippen LogP contribution in [0.1, 0.15) is 9.67 Å². The van der Waals surface area contributed by atoms with Crippen molar-refractivity contribution in [3.05, 3.63) is 40.6 Å². The number of sulfonamides is 1. The Labute approximate surface area is 155 Å². The summed E-state index contributed by atoms with van der Waals surface area (Å²) < 4.78 is 35.8. The molecule has 10 heteroatoms. The lowest BCUT2D eigenvalue weighted by molar-refractivity contribution is -0.116. The van der Waals surface area contributed by atoms with E-state index in [0.717, 1.165) is 15.6 Å². The van der Waals surface area contributed by atoms with Gasteiger partial charge in [0.2, 0.25) is 15.9 Å². The van der Waals surface area contributed by atoms with E-state index in [1.165, 1.54) is 32.7 Å². The Morgan fingerprint density at radius 2 is 1.96 bits per heavy atom. The number of nitrogens with one attached hydrogen (secondary N) is 1. The van der Waals surface area contributed by atoms with Crippen LogP contribution in [0, 0.1) is 0 Å². The number of hydrogen-bond donors (Lipinski definition) is 1. The number of carbonyl (C=O) groups is 2. The molecule has 1 aromatic carbocycles. The van der Waals surface area contributed by atoms with Crippen molar-refractivity contribution in [3.8, 4) is 5.75 Å². The van der Waals surface area contributed by atoms with Gasteiger partial charge in [0.1, 0.15) is 15.5 Å². The van der Waals surface area contributed by atoms with Crippen LogP contribution in [0.4, 0.5) is 5.69 Å². The van der Waals surface area contributed by atoms with Crippen LogP contribution in [0.2, 0.25) is 0 Å². The fourth-order valence-electron chi connectivity index (χ4n) is 2.10. The van der Waals surface area contributed by atoms with Crippen molar-refractivity contribution in [2.75, 3.05) is 33.1 Å². The van der Waals surface area contributed by atoms with Crippen LogP contribution in [0.25, 0.3) is 0 Å². The number of anilines is 1. The van der Waals surface area contributed by atoms with Crippen molar-refractivity contribution in [2.45, 2.75) is 4.90 Å². The zero-order valence-electron chi connectivity index (χ0n) is 14.4. The lowest BCUT2D eigenvalue weighted by Gasteiger charge is -2.17. The van der Waals surface area contributed by atoms with Crippen molar-refractivity contribution >= 4 is 38.9 Å². The minimum Gasteiger partial charge on any atom is -0.497 e. The molecule has 0 spiro atoms. The van der Waals surface area contributed by atoms with E-state index in [-0.39, 0.29) is 9.77 Å². The minimum absolute atomic E-state index is 0.0347. The highest BCUT2D eigenvalue weighted by molar-refractivity contribution is 7.89. The van der Waals surface area contributed by atoms with Gasteiger partial charge in [0.25, 0.3) is 0 Å². The number of thiophene rings is 1. The second-order valence-electron chi connectivity index (χ2n) is 5.15. The van der Waals surface area contributed by atoms with Gasteiger partial charge in [0, 0.05) is 18.8 Å². The highest BCUT2D eigenvalue weighted by Crippen LogP contribution is 2.25. The number of ether oxygens (including phenoxy) is 2. The highest BCUT2D eigenvalue weighted by Gasteiger charge is 2.29. The van der Waals surface area contributed by atoms with E-state index in [9.17, 15) is 18.0 Å². The summed E-state index contributed by atoms with van der Waals surface area (Å²) >= 11 is 0.957. The number of hydrogen-bond acceptors (Lipinski definition) is 7. The third kappa shape index (κ3) is 4.40. The molecule has 1 heterocycles. The minimum atomic E-state index is -4.02. The van der Waals surface area contributed by atoms with Gasteiger partial charge in [-0.15, -0.1) is 11.3 Å². The van der Waals surface area contributed by atoms with Gasteiger partial charge < -0.3 is 14.8 Å². The summed E-state index contributed by atoms with van der Waals surface area (Å²) in [6, 6.07) is 7.99. The molecule has 2 aromatic rings. The summed E-state index contributed by atoms with van der Waals surface area (Å²) in [4.78, 5) is 23.6. The molecule has 0 unspecified atom stereocenters. The van der Waals surface area contributed by atoms with Crippen LogP contribution in [0.5, 0.6) is 5.75 Å². The Morgan fingerprint density at radius 3 is 2.62 bits per heavy atom. The van der Waals surface area contributed by atoms with Gasteiger partial charge in [-0.2, -0.15) is 4.31 Å². The Hall–Kier alpha value is -2.43. The quantitative estimate of drug-likeness (QED) is 0.714. The lowest BCUT2D eigenvalue weighted by atomic mass is 10.3. The Bertz CT molecular complexity index is 907. The van der Waals surface area contributed by atoms with Crippen LogP contribution in [0.15, 0.2) is 40.6 Å². The highest BCUT2D eigenvalue weighted by atomic mass is 32.2. The number of carbonyl (C=O) groups excluding carboxylic acids is 2. The molecule has 0 atom stereocenters. The normalized spacial score (nSPS) is 11.2. The lowest BCUT2D eigenvalue weighted by Crippen LogP contribution is -2.35. The Balaban J connectivity index is 2.13. The van der Waals surface area contributed by atoms with Gasteiger partial charge in [-0.3, -0.25) is 4.79 Å². The summed E-state index contributed by atoms with van der Waals surface area (Å²) in [5.41, 5.74) is 0.478. The molecule has 0 bridgehead atoms. The average molecular weight is 398 g/mol. The summed E-state index contributed by atoms with van der Waals surface area (Å²) in [6.07, 6.45) is 0. The average Bonchev–Trinajstić information content (AvgIpc) is 3.11. The van der Waals surface area contributed by atoms with Crippen molar-refractivity contribution < 1.29 is 27.5 Å². The van der Waals surface area contributed by atoms with E-state index in [1.54, 1.807) is 24.3 Å². The third-order valence-electron chi connectivity index (χ3n) is 3.41. The molecule has 0 aliphatic rings. The Morgan fingerprint density at radius 1 is 1.23 bits per heavy atom. The molecule has 1 amide bonds. The van der Waals surface area contributed by atoms with Crippen molar-refractivity contribution in [3.63, 3.8) is 0 Å². The van der Waals surface area contributed by atoms with Crippen molar-refractivity contribution in [2.24, 2.45) is 0 Å². The van der Waals surface area contributed by atoms with Crippen LogP contribution >= 0.6 is 11.3 Å². The van der Waals surface area contributed by atoms with E-state index in [1.807, 2.05) is 0 Å². The number of nitrogens with zero attached hydrogens (tertiary/aromatic N) is 1. The molecule has 0 saturated carbocycles. The smallest absolute Gasteiger partial charge is 0.349 e. The van der Waals surface area contributed by atoms with Gasteiger partial charge in [0.05, 0.1) is 20.8 Å². The molecule has 0 aliphatic heterocycles. The van der Waals surface area contributed by atoms with Crippen LogP contribution < -0.4 is 10.1 Å². The number of benzene rings is 1. The largest absolute Gasteiger partial charge is 0.497 e. The molecule has 1 aromatic heterocycles.